The third-order valence-electron chi connectivity index (χ3n) is 11.5. The lowest BCUT2D eigenvalue weighted by Crippen LogP contribution is -2.68. The van der Waals surface area contributed by atoms with Crippen LogP contribution in [0.2, 0.25) is 23.2 Å². The van der Waals surface area contributed by atoms with E-state index in [1.807, 2.05) is 13.8 Å². The van der Waals surface area contributed by atoms with Gasteiger partial charge in [-0.3, -0.25) is 0 Å². The van der Waals surface area contributed by atoms with Crippen LogP contribution in [0.15, 0.2) is 85.0 Å². The molecular weight excluding hydrogens is 661 g/mol. The van der Waals surface area contributed by atoms with E-state index in [4.69, 9.17) is 18.3 Å². The molecule has 1 saturated heterocycles. The molecule has 2 fully saturated rings. The van der Waals surface area contributed by atoms with Crippen molar-refractivity contribution in [3.8, 4) is 0 Å². The Bertz CT molecular complexity index is 1330. The van der Waals surface area contributed by atoms with Gasteiger partial charge in [-0.25, -0.2) is 0 Å². The average molecular weight is 733 g/mol. The predicted octanol–water partition coefficient (Wildman–Crippen LogP) is 11.4. The molecule has 0 N–H and O–H groups in total. The molecule has 0 bridgehead atoms. The van der Waals surface area contributed by atoms with Crippen LogP contribution in [0.1, 0.15) is 120 Å². The lowest BCUT2D eigenvalue weighted by molar-refractivity contribution is -0.142. The van der Waals surface area contributed by atoms with Crippen molar-refractivity contribution in [2.24, 2.45) is 11.8 Å². The van der Waals surface area contributed by atoms with Gasteiger partial charge in [0.2, 0.25) is 0 Å². The minimum absolute atomic E-state index is 0.0370. The number of unbranched alkanes of at least 4 members (excludes halogenated alkanes) is 4. The molecule has 4 nitrogen and oxygen atoms in total. The lowest BCUT2D eigenvalue weighted by Gasteiger charge is -2.45. The summed E-state index contributed by atoms with van der Waals surface area (Å²) in [6.45, 7) is 26.0. The Balaban J connectivity index is 1.55. The molecule has 0 aromatic heterocycles. The molecule has 51 heavy (non-hydrogen) atoms. The van der Waals surface area contributed by atoms with Crippen molar-refractivity contribution in [3.63, 3.8) is 0 Å². The van der Waals surface area contributed by atoms with Crippen LogP contribution in [0.5, 0.6) is 0 Å². The van der Waals surface area contributed by atoms with Crippen LogP contribution in [0.3, 0.4) is 0 Å². The van der Waals surface area contributed by atoms with Crippen molar-refractivity contribution < 1.29 is 18.3 Å². The molecule has 0 spiro atoms. The molecule has 0 amide bonds. The first-order valence-electron chi connectivity index (χ1n) is 20.1. The van der Waals surface area contributed by atoms with E-state index in [1.54, 1.807) is 0 Å². The van der Waals surface area contributed by atoms with E-state index in [0.29, 0.717) is 11.8 Å². The number of ether oxygens (including phenoxy) is 2. The molecule has 2 aromatic rings. The van der Waals surface area contributed by atoms with Crippen molar-refractivity contribution in [1.82, 2.24) is 0 Å². The number of allylic oxidation sites excluding steroid dienone is 2. The average Bonchev–Trinajstić information content (AvgIpc) is 3.78. The van der Waals surface area contributed by atoms with E-state index in [1.165, 1.54) is 29.6 Å². The van der Waals surface area contributed by atoms with Gasteiger partial charge < -0.3 is 18.3 Å². The molecule has 1 aliphatic heterocycles. The molecule has 6 heteroatoms. The summed E-state index contributed by atoms with van der Waals surface area (Å²) in [4.78, 5) is 0. The molecule has 4 rings (SSSR count). The number of rotatable bonds is 19. The summed E-state index contributed by atoms with van der Waals surface area (Å²) in [5.41, 5.74) is 0. The number of hydrogen-bond donors (Lipinski definition) is 0. The normalized spacial score (nSPS) is 23.4. The van der Waals surface area contributed by atoms with Crippen molar-refractivity contribution in [3.05, 3.63) is 85.0 Å². The van der Waals surface area contributed by atoms with Crippen molar-refractivity contribution in [2.75, 3.05) is 6.61 Å². The second-order valence-electron chi connectivity index (χ2n) is 18.2. The number of hydrogen-bond acceptors (Lipinski definition) is 4. The van der Waals surface area contributed by atoms with Gasteiger partial charge in [0.05, 0.1) is 6.10 Å². The number of benzene rings is 2. The molecule has 0 unspecified atom stereocenters. The van der Waals surface area contributed by atoms with Gasteiger partial charge in [-0.15, -0.1) is 0 Å². The maximum Gasteiger partial charge on any atom is 0.261 e. The Morgan fingerprint density at radius 1 is 0.804 bits per heavy atom. The maximum absolute atomic E-state index is 7.86. The summed E-state index contributed by atoms with van der Waals surface area (Å²) in [6, 6.07) is 22.3. The van der Waals surface area contributed by atoms with Gasteiger partial charge in [0.15, 0.2) is 14.1 Å². The summed E-state index contributed by atoms with van der Waals surface area (Å²) >= 11 is 0. The standard InChI is InChI=1S/C45H72O4Si2/c1-12-13-14-15-16-23-31-41-42(48-45(8,9)47-41)33-32-36-35-39(36)40(30-24-25-34-46-50(10,11)43(2,3)4)49-51(44(5,6)7,37-26-19-17-20-27-37)38-28-21-18-22-29-38/h16-23,26-29,32-33,36,39-42H,12-15,24-25,30-31,34-35H2,1-11H3/b23-16-,33-32+/t36-,39-,40+,41-,42+/m0/s1. The molecule has 2 aliphatic rings. The maximum atomic E-state index is 7.86. The molecule has 2 aromatic carbocycles. The van der Waals surface area contributed by atoms with E-state index in [-0.39, 0.29) is 28.4 Å². The molecule has 1 saturated carbocycles. The Hall–Kier alpha value is -1.81. The van der Waals surface area contributed by atoms with Crippen LogP contribution < -0.4 is 10.4 Å². The minimum atomic E-state index is -2.69. The summed E-state index contributed by atoms with van der Waals surface area (Å²) in [5.74, 6) is 0.394. The SMILES string of the molecule is CCCCC/C=C\C[C@@H]1OC(C)(C)O[C@@H]1/C=C/[C@H]1C[C@@H]1[C@@H](CCCCO[Si](C)(C)C(C)(C)C)O[Si](c1ccccc1)(c1ccccc1)C(C)(C)C. The third kappa shape index (κ3) is 11.3. The van der Waals surface area contributed by atoms with E-state index in [9.17, 15) is 0 Å². The van der Waals surface area contributed by atoms with Crippen LogP contribution in [0.4, 0.5) is 0 Å². The Morgan fingerprint density at radius 3 is 2.00 bits per heavy atom. The van der Waals surface area contributed by atoms with Crippen molar-refractivity contribution >= 4 is 27.0 Å². The zero-order valence-electron chi connectivity index (χ0n) is 34.2. The highest BCUT2D eigenvalue weighted by Gasteiger charge is 2.54. The first-order chi connectivity index (χ1) is 24.0. The fraction of sp³-hybridized carbons (Fsp3) is 0.644. The molecule has 5 atom stereocenters. The highest BCUT2D eigenvalue weighted by atomic mass is 28.4. The molecule has 284 valence electrons. The Kier molecular flexibility index (Phi) is 14.8. The summed E-state index contributed by atoms with van der Waals surface area (Å²) in [6.07, 6.45) is 19.7. The largest absolute Gasteiger partial charge is 0.417 e. The third-order valence-corrected chi connectivity index (χ3v) is 21.1. The van der Waals surface area contributed by atoms with Gasteiger partial charge in [0.1, 0.15) is 6.10 Å². The fourth-order valence-electron chi connectivity index (χ4n) is 7.48. The smallest absolute Gasteiger partial charge is 0.261 e. The van der Waals surface area contributed by atoms with Crippen molar-refractivity contribution in [2.45, 2.75) is 167 Å². The molecule has 1 aliphatic carbocycles. The quantitative estimate of drug-likeness (QED) is 0.0819. The monoisotopic (exact) mass is 732 g/mol. The second kappa shape index (κ2) is 18.0. The summed E-state index contributed by atoms with van der Waals surface area (Å²) in [7, 11) is -4.46. The van der Waals surface area contributed by atoms with Gasteiger partial charge in [-0.2, -0.15) is 0 Å². The van der Waals surface area contributed by atoms with Crippen LogP contribution in [0.25, 0.3) is 0 Å². The molecule has 0 radical (unpaired) electrons. The van der Waals surface area contributed by atoms with Gasteiger partial charge in [-0.1, -0.05) is 146 Å². The van der Waals surface area contributed by atoms with E-state index in [2.05, 4.69) is 147 Å². The van der Waals surface area contributed by atoms with Crippen molar-refractivity contribution in [1.29, 1.82) is 0 Å². The van der Waals surface area contributed by atoms with Gasteiger partial charge >= 0.3 is 0 Å². The van der Waals surface area contributed by atoms with Crippen LogP contribution >= 0.6 is 0 Å². The summed E-state index contributed by atoms with van der Waals surface area (Å²) in [5, 5.41) is 2.87. The second-order valence-corrected chi connectivity index (χ2v) is 27.3. The topological polar surface area (TPSA) is 36.9 Å². The summed E-state index contributed by atoms with van der Waals surface area (Å²) < 4.78 is 27.3. The Morgan fingerprint density at radius 2 is 1.43 bits per heavy atom. The minimum Gasteiger partial charge on any atom is -0.417 e. The van der Waals surface area contributed by atoms with Crippen LogP contribution in [0, 0.1) is 11.8 Å². The predicted molar refractivity (Wildman–Crippen MR) is 222 cm³/mol. The molecular formula is C45H72O4Si2. The van der Waals surface area contributed by atoms with Gasteiger partial charge in [0, 0.05) is 12.7 Å². The first kappa shape index (κ1) is 41.9. The van der Waals surface area contributed by atoms with Gasteiger partial charge in [0.25, 0.3) is 8.32 Å². The van der Waals surface area contributed by atoms with E-state index < -0.39 is 22.4 Å². The highest BCUT2D eigenvalue weighted by Crippen LogP contribution is 2.48. The van der Waals surface area contributed by atoms with E-state index in [0.717, 1.165) is 45.1 Å². The first-order valence-corrected chi connectivity index (χ1v) is 24.9. The fourth-order valence-corrected chi connectivity index (χ4v) is 13.3. The zero-order valence-corrected chi connectivity index (χ0v) is 36.2. The lowest BCUT2D eigenvalue weighted by atomic mass is 10.1. The highest BCUT2D eigenvalue weighted by molar-refractivity contribution is 6.99. The van der Waals surface area contributed by atoms with Crippen LogP contribution in [-0.4, -0.2) is 47.3 Å². The molecule has 1 heterocycles. The zero-order chi connectivity index (χ0) is 37.3. The van der Waals surface area contributed by atoms with E-state index >= 15 is 0 Å². The Labute approximate surface area is 315 Å². The van der Waals surface area contributed by atoms with Gasteiger partial charge in [-0.05, 0) is 104 Å². The van der Waals surface area contributed by atoms with Crippen LogP contribution in [-0.2, 0) is 18.3 Å².